The molecule has 1 unspecified atom stereocenters. The summed E-state index contributed by atoms with van der Waals surface area (Å²) in [5.74, 6) is 0.0516. The molecule has 0 spiro atoms. The first-order valence-electron chi connectivity index (χ1n) is 15.4. The maximum Gasteiger partial charge on any atom is 0.407 e. The van der Waals surface area contributed by atoms with Crippen LogP contribution >= 0.6 is 0 Å². The molecule has 1 aromatic heterocycles. The van der Waals surface area contributed by atoms with Crippen molar-refractivity contribution < 1.29 is 24.2 Å². The number of nitrogens with zero attached hydrogens (tertiary/aromatic N) is 1. The van der Waals surface area contributed by atoms with Crippen molar-refractivity contribution in [3.63, 3.8) is 0 Å². The van der Waals surface area contributed by atoms with Gasteiger partial charge in [0.25, 0.3) is 0 Å². The molecule has 10 nitrogen and oxygen atoms in total. The number of phenolic OH excluding ortho intramolecular Hbond substituents is 1. The van der Waals surface area contributed by atoms with Crippen LogP contribution in [0.3, 0.4) is 0 Å². The van der Waals surface area contributed by atoms with E-state index in [4.69, 9.17) is 9.47 Å². The highest BCUT2D eigenvalue weighted by Crippen LogP contribution is 2.30. The maximum atomic E-state index is 14.0. The van der Waals surface area contributed by atoms with Crippen LogP contribution in [-0.2, 0) is 20.7 Å². The Labute approximate surface area is 267 Å². The number of methoxy groups -OCH3 is 1. The number of hydrogen-bond acceptors (Lipinski definition) is 7. The zero-order chi connectivity index (χ0) is 31.9. The molecule has 1 aliphatic rings. The van der Waals surface area contributed by atoms with Gasteiger partial charge in [0.15, 0.2) is 0 Å². The SMILES string of the molecule is COC(=O)NC(C(=O)Nc1ccccc1CC[C@@H]1CN[C@H](c2nc3c(O)cccc3[nH]2)CO1)C(c1ccccc1)c1ccccc1. The summed E-state index contributed by atoms with van der Waals surface area (Å²) >= 11 is 0. The van der Waals surface area contributed by atoms with Crippen molar-refractivity contribution in [2.45, 2.75) is 36.9 Å². The number of anilines is 1. The minimum atomic E-state index is -0.951. The Morgan fingerprint density at radius 2 is 1.65 bits per heavy atom. The summed E-state index contributed by atoms with van der Waals surface area (Å²) in [5, 5.41) is 19.5. The highest BCUT2D eigenvalue weighted by Gasteiger charge is 2.33. The van der Waals surface area contributed by atoms with E-state index < -0.39 is 18.1 Å². The smallest absolute Gasteiger partial charge is 0.407 e. The van der Waals surface area contributed by atoms with Crippen molar-refractivity contribution in [1.82, 2.24) is 20.6 Å². The number of benzene rings is 4. The molecule has 46 heavy (non-hydrogen) atoms. The van der Waals surface area contributed by atoms with Crippen LogP contribution in [0.5, 0.6) is 5.75 Å². The summed E-state index contributed by atoms with van der Waals surface area (Å²) in [7, 11) is 1.28. The van der Waals surface area contributed by atoms with Gasteiger partial charge in [-0.3, -0.25) is 4.79 Å². The van der Waals surface area contributed by atoms with Crippen molar-refractivity contribution in [3.05, 3.63) is 126 Å². The van der Waals surface area contributed by atoms with E-state index in [1.807, 2.05) is 91.0 Å². The van der Waals surface area contributed by atoms with Crippen molar-refractivity contribution in [1.29, 1.82) is 0 Å². The first kappa shape index (κ1) is 30.8. The highest BCUT2D eigenvalue weighted by atomic mass is 16.5. The zero-order valence-electron chi connectivity index (χ0n) is 25.5. The topological polar surface area (TPSA) is 138 Å². The number of carbonyl (C=O) groups excluding carboxylic acids is 2. The molecule has 6 rings (SSSR count). The number of ether oxygens (including phenoxy) is 2. The molecule has 236 valence electrons. The van der Waals surface area contributed by atoms with Gasteiger partial charge in [-0.25, -0.2) is 9.78 Å². The zero-order valence-corrected chi connectivity index (χ0v) is 25.5. The number of hydrogen-bond donors (Lipinski definition) is 5. The summed E-state index contributed by atoms with van der Waals surface area (Å²) in [5.41, 5.74) is 4.73. The lowest BCUT2D eigenvalue weighted by atomic mass is 9.84. The van der Waals surface area contributed by atoms with E-state index in [2.05, 4.69) is 25.9 Å². The van der Waals surface area contributed by atoms with Gasteiger partial charge in [-0.2, -0.15) is 0 Å². The van der Waals surface area contributed by atoms with Gasteiger partial charge in [0.2, 0.25) is 5.91 Å². The fraction of sp³-hybridized carbons (Fsp3) is 0.250. The van der Waals surface area contributed by atoms with E-state index in [-0.39, 0.29) is 23.8 Å². The second kappa shape index (κ2) is 14.3. The molecular weight excluding hydrogens is 582 g/mol. The molecule has 0 bridgehead atoms. The molecule has 0 saturated carbocycles. The van der Waals surface area contributed by atoms with E-state index in [1.54, 1.807) is 12.1 Å². The Bertz CT molecular complexity index is 1730. The van der Waals surface area contributed by atoms with Crippen molar-refractivity contribution >= 4 is 28.7 Å². The minimum absolute atomic E-state index is 0.0351. The largest absolute Gasteiger partial charge is 0.506 e. The van der Waals surface area contributed by atoms with Crippen LogP contribution in [0.1, 0.15) is 40.9 Å². The number of nitrogens with one attached hydrogen (secondary N) is 4. The number of para-hydroxylation sites is 2. The van der Waals surface area contributed by atoms with Gasteiger partial charge >= 0.3 is 6.09 Å². The predicted molar refractivity (Wildman–Crippen MR) is 176 cm³/mol. The van der Waals surface area contributed by atoms with Gasteiger partial charge in [0.05, 0.1) is 31.4 Å². The number of amides is 2. The first-order valence-corrected chi connectivity index (χ1v) is 15.4. The van der Waals surface area contributed by atoms with Gasteiger partial charge in [-0.05, 0) is 47.7 Å². The summed E-state index contributed by atoms with van der Waals surface area (Å²) in [4.78, 5) is 34.4. The van der Waals surface area contributed by atoms with Crippen LogP contribution in [0.25, 0.3) is 11.0 Å². The Morgan fingerprint density at radius 3 is 2.30 bits per heavy atom. The molecule has 1 saturated heterocycles. The Morgan fingerprint density at radius 1 is 0.957 bits per heavy atom. The van der Waals surface area contributed by atoms with E-state index in [0.29, 0.717) is 30.8 Å². The highest BCUT2D eigenvalue weighted by molar-refractivity contribution is 5.98. The van der Waals surface area contributed by atoms with Gasteiger partial charge < -0.3 is 35.5 Å². The number of aromatic amines is 1. The van der Waals surface area contributed by atoms with Crippen LogP contribution < -0.4 is 16.0 Å². The number of imidazole rings is 1. The third-order valence-electron chi connectivity index (χ3n) is 8.33. The Kier molecular flexibility index (Phi) is 9.56. The normalized spacial score (nSPS) is 17.0. The van der Waals surface area contributed by atoms with Crippen LogP contribution in [0.15, 0.2) is 103 Å². The third kappa shape index (κ3) is 7.03. The summed E-state index contributed by atoms with van der Waals surface area (Å²) in [6.07, 6.45) is 0.674. The van der Waals surface area contributed by atoms with E-state index in [9.17, 15) is 14.7 Å². The van der Waals surface area contributed by atoms with Crippen molar-refractivity contribution in [2.75, 3.05) is 25.6 Å². The lowest BCUT2D eigenvalue weighted by Crippen LogP contribution is -2.48. The molecule has 3 atom stereocenters. The molecule has 4 aromatic carbocycles. The molecule has 0 radical (unpaired) electrons. The lowest BCUT2D eigenvalue weighted by molar-refractivity contribution is -0.118. The number of aromatic hydroxyl groups is 1. The second-order valence-corrected chi connectivity index (χ2v) is 11.3. The van der Waals surface area contributed by atoms with Crippen LogP contribution in [0.2, 0.25) is 0 Å². The fourth-order valence-electron chi connectivity index (χ4n) is 5.96. The number of rotatable bonds is 10. The van der Waals surface area contributed by atoms with E-state index >= 15 is 0 Å². The Hall–Kier alpha value is -5.19. The van der Waals surface area contributed by atoms with Crippen LogP contribution in [0.4, 0.5) is 10.5 Å². The molecule has 2 heterocycles. The third-order valence-corrected chi connectivity index (χ3v) is 8.33. The predicted octanol–water partition coefficient (Wildman–Crippen LogP) is 5.43. The lowest BCUT2D eigenvalue weighted by Gasteiger charge is -2.30. The minimum Gasteiger partial charge on any atom is -0.506 e. The number of aromatic nitrogens is 2. The molecule has 5 aromatic rings. The molecule has 0 aliphatic carbocycles. The quantitative estimate of drug-likeness (QED) is 0.141. The maximum absolute atomic E-state index is 14.0. The summed E-state index contributed by atoms with van der Waals surface area (Å²) < 4.78 is 11.1. The number of morpholine rings is 1. The summed E-state index contributed by atoms with van der Waals surface area (Å²) in [6.45, 7) is 1.06. The molecule has 1 aliphatic heterocycles. The van der Waals surface area contributed by atoms with Crippen LogP contribution in [0, 0.1) is 0 Å². The molecule has 1 fully saturated rings. The fourth-order valence-corrected chi connectivity index (χ4v) is 5.96. The number of phenols is 1. The number of aryl methyl sites for hydroxylation is 1. The van der Waals surface area contributed by atoms with Gasteiger partial charge in [-0.15, -0.1) is 0 Å². The van der Waals surface area contributed by atoms with Crippen molar-refractivity contribution in [3.8, 4) is 5.75 Å². The molecule has 5 N–H and O–H groups in total. The molecule has 10 heteroatoms. The Balaban J connectivity index is 1.14. The van der Waals surface area contributed by atoms with Crippen LogP contribution in [-0.4, -0.2) is 59.5 Å². The summed E-state index contributed by atoms with van der Waals surface area (Å²) in [6, 6.07) is 31.2. The number of alkyl carbamates (subject to hydrolysis) is 1. The monoisotopic (exact) mass is 619 g/mol. The average molecular weight is 620 g/mol. The van der Waals surface area contributed by atoms with E-state index in [0.717, 1.165) is 34.5 Å². The first-order chi connectivity index (χ1) is 22.5. The average Bonchev–Trinajstić information content (AvgIpc) is 3.54. The van der Waals surface area contributed by atoms with Crippen molar-refractivity contribution in [2.24, 2.45) is 0 Å². The van der Waals surface area contributed by atoms with Gasteiger partial charge in [-0.1, -0.05) is 84.9 Å². The molecular formula is C36H37N5O5. The second-order valence-electron chi connectivity index (χ2n) is 11.3. The van der Waals surface area contributed by atoms with Gasteiger partial charge in [0, 0.05) is 18.2 Å². The number of fused-ring (bicyclic) bond motifs is 1. The number of H-pyrrole nitrogens is 1. The number of carbonyl (C=O) groups is 2. The van der Waals surface area contributed by atoms with E-state index in [1.165, 1.54) is 7.11 Å². The van der Waals surface area contributed by atoms with Gasteiger partial charge in [0.1, 0.15) is 23.1 Å². The molecule has 2 amide bonds. The standard InChI is InChI=1S/C36H37N5O5/c1-45-36(44)41-33(31(24-12-4-2-5-13-24)25-14-6-3-7-15-25)35(43)39-27-16-9-8-11-23(27)19-20-26-21-37-29(22-46-26)34-38-28-17-10-18-30(42)32(28)40-34/h2-18,26,29,31,33,37,42H,19-22H2,1H3,(H,38,40)(H,39,43)(H,41,44)/t26-,29+,33?/m1/s1.